The number of rotatable bonds is 0. The molecule has 4 fully saturated rings. The summed E-state index contributed by atoms with van der Waals surface area (Å²) in [6.45, 7) is 0.0430. The van der Waals surface area contributed by atoms with Gasteiger partial charge in [0, 0.05) is 23.7 Å². The molecule has 6 rings (SSSR count). The predicted molar refractivity (Wildman–Crippen MR) is 169 cm³/mol. The van der Waals surface area contributed by atoms with Gasteiger partial charge in [-0.3, -0.25) is 25.8 Å². The minimum absolute atomic E-state index is 0.0107. The molecule has 6 aliphatic rings. The molecule has 0 aromatic rings. The van der Waals surface area contributed by atoms with Gasteiger partial charge < -0.3 is 0 Å². The van der Waals surface area contributed by atoms with E-state index >= 15 is 0 Å². The van der Waals surface area contributed by atoms with E-state index in [9.17, 15) is 8.42 Å². The Bertz CT molecular complexity index is 1250. The van der Waals surface area contributed by atoms with Crippen LogP contribution in [-0.4, -0.2) is 80.5 Å². The second-order valence-electron chi connectivity index (χ2n) is 9.67. The zero-order valence-corrected chi connectivity index (χ0v) is 31.6. The zero-order valence-electron chi connectivity index (χ0n) is 20.1. The van der Waals surface area contributed by atoms with E-state index in [1.165, 1.54) is 0 Å². The average Bonchev–Trinajstić information content (AvgIpc) is 3.14. The van der Waals surface area contributed by atoms with Crippen LogP contribution in [0, 0.1) is 23.7 Å². The lowest BCUT2D eigenvalue weighted by atomic mass is 9.83. The average molecular weight is 912 g/mol. The van der Waals surface area contributed by atoms with Gasteiger partial charge >= 0.3 is 33.1 Å². The van der Waals surface area contributed by atoms with Crippen molar-refractivity contribution >= 4 is 172 Å². The fourth-order valence-corrected chi connectivity index (χ4v) is 13.2. The number of alkyl halides is 8. The quantitative estimate of drug-likeness (QED) is 0.198. The molecule has 10 nitrogen and oxygen atoms in total. The molecule has 2 heterocycles. The van der Waals surface area contributed by atoms with E-state index in [1.54, 1.807) is 0 Å². The molecule has 2 saturated carbocycles. The van der Waals surface area contributed by atoms with Crippen LogP contribution in [0.3, 0.4) is 0 Å². The standard InChI is InChI=1S/2C9H6Cl6O3S.H2O4S/c2*10-5-6(11)8(13)4-2-18-19(16)17-1-3(4)7(5,12)9(8,14)15;1-5(2,3)4/h2*3-4H,1-2H2;(H2,1,2,3,4). The van der Waals surface area contributed by atoms with Crippen LogP contribution in [0.1, 0.15) is 0 Å². The maximum Gasteiger partial charge on any atom is 0.394 e. The van der Waals surface area contributed by atoms with E-state index in [-0.39, 0.29) is 46.6 Å². The first kappa shape index (κ1) is 38.8. The van der Waals surface area contributed by atoms with E-state index in [0.29, 0.717) is 0 Å². The van der Waals surface area contributed by atoms with Crippen molar-refractivity contribution in [1.82, 2.24) is 0 Å². The molecule has 0 radical (unpaired) electrons. The Morgan fingerprint density at radius 1 is 0.535 bits per heavy atom. The molecule has 2 saturated heterocycles. The van der Waals surface area contributed by atoms with Gasteiger partial charge in [0.1, 0.15) is 19.5 Å². The summed E-state index contributed by atoms with van der Waals surface area (Å²) in [5, 5.41) is 0.420. The number of hydrogen-bond acceptors (Lipinski definition) is 8. The van der Waals surface area contributed by atoms with Gasteiger partial charge in [-0.15, -0.1) is 46.4 Å². The van der Waals surface area contributed by atoms with Crippen molar-refractivity contribution in [3.05, 3.63) is 20.1 Å². The van der Waals surface area contributed by atoms with Gasteiger partial charge in [-0.05, 0) is 0 Å². The summed E-state index contributed by atoms with van der Waals surface area (Å²) >= 11 is 72.7. The lowest BCUT2D eigenvalue weighted by Crippen LogP contribution is -2.45. The highest BCUT2D eigenvalue weighted by molar-refractivity contribution is 7.79. The Labute approximate surface area is 310 Å². The Morgan fingerprint density at radius 3 is 0.860 bits per heavy atom. The van der Waals surface area contributed by atoms with Gasteiger partial charge in [-0.25, -0.2) is 0 Å². The van der Waals surface area contributed by atoms with E-state index in [4.69, 9.17) is 173 Å². The summed E-state index contributed by atoms with van der Waals surface area (Å²) in [6, 6.07) is 0. The van der Waals surface area contributed by atoms with Crippen molar-refractivity contribution in [1.29, 1.82) is 0 Å². The van der Waals surface area contributed by atoms with Crippen molar-refractivity contribution in [2.24, 2.45) is 23.7 Å². The molecular weight excluding hydrogens is 898 g/mol. The number of allylic oxidation sites excluding steroid dienone is 4. The maximum absolute atomic E-state index is 11.3. The molecule has 4 aliphatic carbocycles. The third-order valence-corrected chi connectivity index (χ3v) is 17.9. The molecule has 0 amide bonds. The second kappa shape index (κ2) is 12.6. The smallest absolute Gasteiger partial charge is 0.268 e. The number of halogens is 12. The summed E-state index contributed by atoms with van der Waals surface area (Å²) in [5.74, 6) is -1.82. The monoisotopic (exact) mass is 906 g/mol. The fourth-order valence-electron chi connectivity index (χ4n) is 5.92. The molecule has 2 N–H and O–H groups in total. The zero-order chi connectivity index (χ0) is 32.9. The first-order valence-corrected chi connectivity index (χ1v) is 19.0. The molecule has 0 aromatic heterocycles. The minimum atomic E-state index is -4.67. The summed E-state index contributed by atoms with van der Waals surface area (Å²) in [7, 11) is -4.67. The van der Waals surface area contributed by atoms with Crippen LogP contribution < -0.4 is 0 Å². The van der Waals surface area contributed by atoms with Gasteiger partial charge in [0.05, 0.1) is 46.6 Å². The lowest BCUT2D eigenvalue weighted by molar-refractivity contribution is 0.207. The molecule has 0 aromatic carbocycles. The Hall–Kier alpha value is 2.97. The highest BCUT2D eigenvalue weighted by Crippen LogP contribution is 2.77. The van der Waals surface area contributed by atoms with Gasteiger partial charge in [0.15, 0.2) is 8.67 Å². The predicted octanol–water partition coefficient (Wildman–Crippen LogP) is 6.73. The highest BCUT2D eigenvalue weighted by Gasteiger charge is 2.83. The molecule has 248 valence electrons. The normalized spacial score (nSPS) is 47.5. The molecule has 0 spiro atoms. The molecule has 8 atom stereocenters. The maximum atomic E-state index is 11.3. The van der Waals surface area contributed by atoms with Crippen molar-refractivity contribution in [2.45, 2.75) is 28.2 Å². The van der Waals surface area contributed by atoms with Crippen LogP contribution in [0.5, 0.6) is 0 Å². The van der Waals surface area contributed by atoms with E-state index < -0.39 is 85.0 Å². The topological polar surface area (TPSA) is 146 Å². The van der Waals surface area contributed by atoms with E-state index in [1.807, 2.05) is 0 Å². The largest absolute Gasteiger partial charge is 0.394 e. The van der Waals surface area contributed by atoms with Crippen LogP contribution in [-0.2, 0) is 49.9 Å². The van der Waals surface area contributed by atoms with Gasteiger partial charge in [0.2, 0.25) is 0 Å². The minimum Gasteiger partial charge on any atom is -0.268 e. The molecule has 4 bridgehead atoms. The van der Waals surface area contributed by atoms with Crippen LogP contribution in [0.15, 0.2) is 20.1 Å². The summed E-state index contributed by atoms with van der Waals surface area (Å²) in [6.07, 6.45) is 0. The summed E-state index contributed by atoms with van der Waals surface area (Å²) in [5.41, 5.74) is 0. The van der Waals surface area contributed by atoms with Crippen molar-refractivity contribution < 1.29 is 42.7 Å². The lowest BCUT2D eigenvalue weighted by Gasteiger charge is -2.33. The summed E-state index contributed by atoms with van der Waals surface area (Å²) in [4.78, 5) is -5.56. The fraction of sp³-hybridized carbons (Fsp3) is 0.778. The van der Waals surface area contributed by atoms with Gasteiger partial charge in [0.25, 0.3) is 0 Å². The SMILES string of the molecule is O=S(=O)(O)O.O=S1OCC2C(CO1)C1(Cl)C(Cl)=C(Cl)C2(Cl)C1(Cl)Cl.O=S1OCC2C(CO1)C1(Cl)C(Cl)=C(Cl)C2(Cl)C1(Cl)Cl. The van der Waals surface area contributed by atoms with Crippen LogP contribution >= 0.6 is 139 Å². The van der Waals surface area contributed by atoms with Gasteiger partial charge in [-0.1, -0.05) is 92.8 Å². The van der Waals surface area contributed by atoms with Crippen LogP contribution in [0.4, 0.5) is 0 Å². The van der Waals surface area contributed by atoms with Crippen LogP contribution in [0.2, 0.25) is 0 Å². The Kier molecular flexibility index (Phi) is 11.4. The molecular formula is C18H14Cl12O10S3. The molecule has 8 unspecified atom stereocenters. The Balaban J connectivity index is 0.000000171. The number of hydrogen-bond donors (Lipinski definition) is 2. The highest BCUT2D eigenvalue weighted by atomic mass is 35.5. The first-order chi connectivity index (χ1) is 19.4. The third-order valence-electron chi connectivity index (χ3n) is 7.88. The van der Waals surface area contributed by atoms with E-state index in [2.05, 4.69) is 0 Å². The van der Waals surface area contributed by atoms with Crippen LogP contribution in [0.25, 0.3) is 0 Å². The Morgan fingerprint density at radius 2 is 0.698 bits per heavy atom. The van der Waals surface area contributed by atoms with Crippen molar-refractivity contribution in [2.75, 3.05) is 26.4 Å². The second-order valence-corrected chi connectivity index (χ2v) is 18.9. The van der Waals surface area contributed by atoms with E-state index in [0.717, 1.165) is 0 Å². The van der Waals surface area contributed by atoms with Crippen molar-refractivity contribution in [3.8, 4) is 0 Å². The van der Waals surface area contributed by atoms with Crippen molar-refractivity contribution in [3.63, 3.8) is 0 Å². The third kappa shape index (κ3) is 5.49. The first-order valence-electron chi connectivity index (χ1n) is 11.1. The van der Waals surface area contributed by atoms with Gasteiger partial charge in [-0.2, -0.15) is 16.8 Å². The molecule has 43 heavy (non-hydrogen) atoms. The number of fused-ring (bicyclic) bond motifs is 10. The summed E-state index contributed by atoms with van der Waals surface area (Å²) < 4.78 is 71.1. The molecule has 25 heteroatoms. The molecule has 2 aliphatic heterocycles.